The van der Waals surface area contributed by atoms with Gasteiger partial charge in [-0.25, -0.2) is 0 Å². The Morgan fingerprint density at radius 2 is 1.19 bits per heavy atom. The zero-order chi connectivity index (χ0) is 20.7. The van der Waals surface area contributed by atoms with Gasteiger partial charge in [-0.05, 0) is 94.0 Å². The molecule has 9 rings (SSSR count). The normalized spacial score (nSPS) is 63.2. The predicted octanol–water partition coefficient (Wildman–Crippen LogP) is 5.46. The average Bonchev–Trinajstić information content (AvgIpc) is 3.62. The molecule has 0 aliphatic heterocycles. The molecule has 8 aliphatic carbocycles. The Hall–Kier alpha value is -1.12. The highest BCUT2D eigenvalue weighted by Crippen LogP contribution is 2.95. The summed E-state index contributed by atoms with van der Waals surface area (Å²) >= 11 is 0. The van der Waals surface area contributed by atoms with E-state index in [1.54, 1.807) is 11.1 Å². The Labute approximate surface area is 185 Å². The Bertz CT molecular complexity index is 993. The summed E-state index contributed by atoms with van der Waals surface area (Å²) in [6, 6.07) is 9.51. The van der Waals surface area contributed by atoms with Gasteiger partial charge in [0, 0.05) is 26.1 Å². The van der Waals surface area contributed by atoms with E-state index in [0.717, 1.165) is 59.2 Å². The lowest BCUT2D eigenvalue weighted by Crippen LogP contribution is -2.81. The molecule has 1 aromatic rings. The number of benzene rings is 1. The van der Waals surface area contributed by atoms with Crippen molar-refractivity contribution in [2.45, 2.75) is 44.3 Å². The van der Waals surface area contributed by atoms with Gasteiger partial charge in [0.1, 0.15) is 0 Å². The predicted molar refractivity (Wildman–Crippen MR) is 118 cm³/mol. The third kappa shape index (κ3) is 1.32. The van der Waals surface area contributed by atoms with Crippen LogP contribution in [0.2, 0.25) is 0 Å². The third-order valence-electron chi connectivity index (χ3n) is 13.7. The Kier molecular flexibility index (Phi) is 2.65. The molecule has 31 heavy (non-hydrogen) atoms. The van der Waals surface area contributed by atoms with E-state index in [1.807, 2.05) is 14.2 Å². The van der Waals surface area contributed by atoms with Crippen molar-refractivity contribution < 1.29 is 9.47 Å². The molecule has 0 aromatic heterocycles. The van der Waals surface area contributed by atoms with E-state index >= 15 is 0 Å². The van der Waals surface area contributed by atoms with Gasteiger partial charge < -0.3 is 9.47 Å². The van der Waals surface area contributed by atoms with Crippen LogP contribution in [0.5, 0.6) is 0 Å². The van der Waals surface area contributed by atoms with E-state index in [-0.39, 0.29) is 5.79 Å². The van der Waals surface area contributed by atoms with Crippen LogP contribution in [0.4, 0.5) is 0 Å². The van der Waals surface area contributed by atoms with E-state index in [1.165, 1.54) is 12.8 Å². The molecule has 2 nitrogen and oxygen atoms in total. The first-order valence-electron chi connectivity index (χ1n) is 12.9. The maximum absolute atomic E-state index is 6.18. The number of methoxy groups -OCH3 is 2. The molecule has 0 amide bonds. The van der Waals surface area contributed by atoms with Gasteiger partial charge in [0.2, 0.25) is 0 Å². The Morgan fingerprint density at radius 3 is 1.65 bits per heavy atom. The summed E-state index contributed by atoms with van der Waals surface area (Å²) in [6.45, 7) is 5.49. The smallest absolute Gasteiger partial charge is 0.180 e. The molecule has 14 atom stereocenters. The van der Waals surface area contributed by atoms with Crippen LogP contribution in [-0.4, -0.2) is 20.0 Å². The van der Waals surface area contributed by atoms with Crippen molar-refractivity contribution >= 4 is 0 Å². The van der Waals surface area contributed by atoms with Crippen molar-refractivity contribution in [2.24, 2.45) is 70.0 Å². The second-order valence-electron chi connectivity index (χ2n) is 13.0. The molecule has 0 radical (unpaired) electrons. The van der Waals surface area contributed by atoms with E-state index in [0.29, 0.717) is 22.7 Å². The fourth-order valence-electron chi connectivity index (χ4n) is 13.5. The average molecular weight is 415 g/mol. The monoisotopic (exact) mass is 414 g/mol. The molecule has 2 heteroatoms. The number of hydrogen-bond acceptors (Lipinski definition) is 2. The van der Waals surface area contributed by atoms with Gasteiger partial charge in [-0.2, -0.15) is 0 Å². The summed E-state index contributed by atoms with van der Waals surface area (Å²) in [6.07, 6.45) is 7.90. The second-order valence-corrected chi connectivity index (χ2v) is 13.0. The summed E-state index contributed by atoms with van der Waals surface area (Å²) < 4.78 is 12.4. The van der Waals surface area contributed by atoms with E-state index < -0.39 is 0 Å². The molecular weight excluding hydrogens is 380 g/mol. The van der Waals surface area contributed by atoms with Crippen molar-refractivity contribution in [3.8, 4) is 0 Å². The van der Waals surface area contributed by atoms with Crippen molar-refractivity contribution in [2.75, 3.05) is 14.2 Å². The Morgan fingerprint density at radius 1 is 0.710 bits per heavy atom. The van der Waals surface area contributed by atoms with Crippen LogP contribution in [0.3, 0.4) is 0 Å². The molecule has 8 aliphatic rings. The van der Waals surface area contributed by atoms with Crippen LogP contribution in [0.1, 0.15) is 49.7 Å². The van der Waals surface area contributed by atoms with Crippen LogP contribution in [0.25, 0.3) is 0 Å². The molecule has 6 fully saturated rings. The van der Waals surface area contributed by atoms with Crippen molar-refractivity contribution in [1.82, 2.24) is 0 Å². The van der Waals surface area contributed by atoms with Gasteiger partial charge in [-0.15, -0.1) is 0 Å². The maximum atomic E-state index is 6.18. The largest absolute Gasteiger partial charge is 0.352 e. The lowest BCUT2D eigenvalue weighted by Gasteiger charge is -2.85. The standard InChI is InChI=1S/C29H34O2/c1-27-23-15-11-16(14-8-6-5-7-13(14)15)24(23)28(27,2)26-18-12-17(25(26)27)21-19-9-10-20(22(18)21)29(19,30-3)31-4/h5-10,15-26H,11-12H2,1-4H3/t15-,16+,17+,18-,19-,20+,21+,22-,23-,24+,25+,26-,27-,28+. The lowest BCUT2D eigenvalue weighted by molar-refractivity contribution is -0.370. The van der Waals surface area contributed by atoms with Crippen LogP contribution in [-0.2, 0) is 9.47 Å². The van der Waals surface area contributed by atoms with Crippen molar-refractivity contribution in [3.63, 3.8) is 0 Å². The first-order valence-corrected chi connectivity index (χ1v) is 12.9. The third-order valence-corrected chi connectivity index (χ3v) is 13.7. The fourth-order valence-corrected chi connectivity index (χ4v) is 13.5. The van der Waals surface area contributed by atoms with Gasteiger partial charge >= 0.3 is 0 Å². The van der Waals surface area contributed by atoms with Gasteiger partial charge in [0.15, 0.2) is 5.79 Å². The van der Waals surface area contributed by atoms with Gasteiger partial charge in [-0.3, -0.25) is 0 Å². The summed E-state index contributed by atoms with van der Waals surface area (Å²) in [4.78, 5) is 0. The minimum absolute atomic E-state index is 0.373. The van der Waals surface area contributed by atoms with E-state index in [9.17, 15) is 0 Å². The molecule has 6 bridgehead atoms. The molecule has 1 aromatic carbocycles. The lowest BCUT2D eigenvalue weighted by atomic mass is 9.19. The SMILES string of the molecule is COC1(OC)[C@@H]2C=C[C@H]1[C@H]1[C@H]3C[C@@H]([C@H]12)[C@H]1[C@@H]3[C@]2(C)[C@@H]3[C@@H]([C@@H]4C[C@H]3c3ccccc34)[C@]12C. The van der Waals surface area contributed by atoms with E-state index in [2.05, 4.69) is 50.3 Å². The van der Waals surface area contributed by atoms with Crippen LogP contribution in [0.15, 0.2) is 36.4 Å². The summed E-state index contributed by atoms with van der Waals surface area (Å²) in [5.41, 5.74) is 4.58. The fraction of sp³-hybridized carbons (Fsp3) is 0.724. The molecule has 0 N–H and O–H groups in total. The number of hydrogen-bond donors (Lipinski definition) is 0. The van der Waals surface area contributed by atoms with Gasteiger partial charge in [0.05, 0.1) is 0 Å². The molecule has 0 spiro atoms. The molecule has 6 saturated carbocycles. The molecule has 162 valence electrons. The molecule has 0 heterocycles. The minimum Gasteiger partial charge on any atom is -0.352 e. The number of ether oxygens (including phenoxy) is 2. The highest BCUT2D eigenvalue weighted by molar-refractivity contribution is 5.51. The second kappa shape index (κ2) is 4.73. The molecule has 0 saturated heterocycles. The van der Waals surface area contributed by atoms with Crippen molar-refractivity contribution in [3.05, 3.63) is 47.5 Å². The summed E-state index contributed by atoms with van der Waals surface area (Å²) in [7, 11) is 3.78. The van der Waals surface area contributed by atoms with Gasteiger partial charge in [-0.1, -0.05) is 50.3 Å². The van der Waals surface area contributed by atoms with Crippen LogP contribution in [0, 0.1) is 70.0 Å². The summed E-state index contributed by atoms with van der Waals surface area (Å²) in [5, 5.41) is 0. The first-order chi connectivity index (χ1) is 15.0. The quantitative estimate of drug-likeness (QED) is 0.277. The van der Waals surface area contributed by atoms with Crippen LogP contribution >= 0.6 is 0 Å². The van der Waals surface area contributed by atoms with Crippen molar-refractivity contribution in [1.29, 1.82) is 0 Å². The zero-order valence-electron chi connectivity index (χ0n) is 19.1. The highest BCUT2D eigenvalue weighted by Gasteiger charge is 2.91. The molecule has 0 unspecified atom stereocenters. The first kappa shape index (κ1) is 17.4. The Balaban J connectivity index is 1.16. The highest BCUT2D eigenvalue weighted by atomic mass is 16.7. The minimum atomic E-state index is -0.373. The summed E-state index contributed by atoms with van der Waals surface area (Å²) in [5.74, 6) is 9.46. The van der Waals surface area contributed by atoms with Crippen LogP contribution < -0.4 is 0 Å². The number of rotatable bonds is 2. The topological polar surface area (TPSA) is 18.5 Å². The maximum Gasteiger partial charge on any atom is 0.180 e. The number of fused-ring (bicyclic) bond motifs is 25. The van der Waals surface area contributed by atoms with E-state index in [4.69, 9.17) is 9.47 Å². The van der Waals surface area contributed by atoms with Gasteiger partial charge in [0.25, 0.3) is 0 Å². The molecular formula is C29H34O2. The zero-order valence-corrected chi connectivity index (χ0v) is 19.1.